The Labute approximate surface area is 185 Å². The molecule has 0 saturated carbocycles. The molecule has 0 bridgehead atoms. The average Bonchev–Trinajstić information content (AvgIpc) is 3.44. The number of fused-ring (bicyclic) bond motifs is 2. The minimum absolute atomic E-state index is 0.119. The minimum Gasteiger partial charge on any atom is -0.397 e. The second-order valence-electron chi connectivity index (χ2n) is 7.58. The van der Waals surface area contributed by atoms with E-state index in [4.69, 9.17) is 10.7 Å². The number of aromatic amines is 2. The van der Waals surface area contributed by atoms with Gasteiger partial charge in [-0.1, -0.05) is 24.3 Å². The summed E-state index contributed by atoms with van der Waals surface area (Å²) in [6.45, 7) is 0. The first-order valence-corrected chi connectivity index (χ1v) is 10.1. The summed E-state index contributed by atoms with van der Waals surface area (Å²) in [5.74, 6) is -0.470. The first-order valence-electron chi connectivity index (χ1n) is 10.1. The molecule has 160 valence electrons. The van der Waals surface area contributed by atoms with E-state index in [9.17, 15) is 4.39 Å². The molecule has 0 amide bonds. The van der Waals surface area contributed by atoms with Crippen LogP contribution in [-0.2, 0) is 0 Å². The molecule has 6 aromatic rings. The molecule has 0 unspecified atom stereocenters. The normalized spacial score (nSPS) is 11.5. The lowest BCUT2D eigenvalue weighted by atomic mass is 10.0. The Morgan fingerprint density at radius 3 is 2.52 bits per heavy atom. The van der Waals surface area contributed by atoms with Crippen molar-refractivity contribution in [2.75, 3.05) is 5.73 Å². The van der Waals surface area contributed by atoms with Crippen LogP contribution >= 0.6 is 0 Å². The number of nitrogen functional groups attached to an aromatic ring is 1. The molecule has 0 atom stereocenters. The van der Waals surface area contributed by atoms with Gasteiger partial charge in [0.25, 0.3) is 0 Å². The number of nitrogens with one attached hydrogen (secondary N) is 2. The third kappa shape index (κ3) is 3.09. The molecule has 4 aromatic heterocycles. The largest absolute Gasteiger partial charge is 0.397 e. The summed E-state index contributed by atoms with van der Waals surface area (Å²) >= 11 is 0. The van der Waals surface area contributed by atoms with Crippen molar-refractivity contribution in [1.29, 1.82) is 0 Å². The maximum Gasteiger partial charge on any atom is 0.161 e. The topological polar surface area (TPSA) is 109 Å². The molecule has 7 nitrogen and oxygen atoms in total. The molecule has 0 aliphatic carbocycles. The predicted molar refractivity (Wildman–Crippen MR) is 122 cm³/mol. The number of pyridine rings is 2. The Hall–Kier alpha value is -4.66. The van der Waals surface area contributed by atoms with Crippen LogP contribution in [0.3, 0.4) is 0 Å². The van der Waals surface area contributed by atoms with Crippen LogP contribution < -0.4 is 5.73 Å². The fourth-order valence-corrected chi connectivity index (χ4v) is 3.94. The highest BCUT2D eigenvalue weighted by Gasteiger charge is 2.21. The average molecular weight is 439 g/mol. The number of para-hydroxylation sites is 1. The van der Waals surface area contributed by atoms with Gasteiger partial charge in [-0.15, -0.1) is 0 Å². The van der Waals surface area contributed by atoms with Gasteiger partial charge >= 0.3 is 0 Å². The van der Waals surface area contributed by atoms with E-state index in [-0.39, 0.29) is 16.9 Å². The van der Waals surface area contributed by atoms with Crippen molar-refractivity contribution in [3.63, 3.8) is 0 Å². The number of hydrogen-bond acceptors (Lipinski definition) is 5. The van der Waals surface area contributed by atoms with E-state index in [2.05, 4.69) is 25.1 Å². The van der Waals surface area contributed by atoms with Crippen molar-refractivity contribution in [2.24, 2.45) is 0 Å². The Morgan fingerprint density at radius 2 is 1.70 bits per heavy atom. The summed E-state index contributed by atoms with van der Waals surface area (Å²) in [6.07, 6.45) is 4.50. The summed E-state index contributed by atoms with van der Waals surface area (Å²) in [6, 6.07) is 13.4. The Bertz CT molecular complexity index is 1650. The van der Waals surface area contributed by atoms with Crippen molar-refractivity contribution in [1.82, 2.24) is 30.1 Å². The van der Waals surface area contributed by atoms with E-state index in [1.807, 2.05) is 18.2 Å². The zero-order valence-electron chi connectivity index (χ0n) is 17.0. The van der Waals surface area contributed by atoms with Crippen LogP contribution in [0.25, 0.3) is 55.8 Å². The highest BCUT2D eigenvalue weighted by molar-refractivity contribution is 5.98. The van der Waals surface area contributed by atoms with E-state index in [1.54, 1.807) is 18.2 Å². The van der Waals surface area contributed by atoms with Gasteiger partial charge in [0.05, 0.1) is 33.8 Å². The van der Waals surface area contributed by atoms with Crippen molar-refractivity contribution in [3.8, 4) is 33.9 Å². The van der Waals surface area contributed by atoms with Crippen molar-refractivity contribution in [3.05, 3.63) is 78.8 Å². The second-order valence-corrected chi connectivity index (χ2v) is 7.58. The summed E-state index contributed by atoms with van der Waals surface area (Å²) in [7, 11) is 0. The van der Waals surface area contributed by atoms with Crippen LogP contribution in [-0.4, -0.2) is 30.1 Å². The van der Waals surface area contributed by atoms with Crippen LogP contribution in [0.4, 0.5) is 14.5 Å². The number of imidazole rings is 1. The number of halogens is 2. The maximum absolute atomic E-state index is 15.6. The molecule has 4 N–H and O–H groups in total. The Morgan fingerprint density at radius 1 is 0.848 bits per heavy atom. The summed E-state index contributed by atoms with van der Waals surface area (Å²) < 4.78 is 29.0. The molecule has 33 heavy (non-hydrogen) atoms. The molecule has 0 radical (unpaired) electrons. The van der Waals surface area contributed by atoms with Crippen LogP contribution in [0.2, 0.25) is 0 Å². The number of anilines is 1. The summed E-state index contributed by atoms with van der Waals surface area (Å²) in [5, 5.41) is 7.37. The fourth-order valence-electron chi connectivity index (χ4n) is 3.94. The Kier molecular flexibility index (Phi) is 4.16. The van der Waals surface area contributed by atoms with Gasteiger partial charge in [-0.3, -0.25) is 15.1 Å². The molecular formula is C24H15F2N7. The molecular weight excluding hydrogens is 424 g/mol. The van der Waals surface area contributed by atoms with Gasteiger partial charge in [0, 0.05) is 23.5 Å². The third-order valence-electron chi connectivity index (χ3n) is 5.47. The lowest BCUT2D eigenvalue weighted by Crippen LogP contribution is -1.94. The minimum atomic E-state index is -0.553. The predicted octanol–water partition coefficient (Wildman–Crippen LogP) is 5.09. The summed E-state index contributed by atoms with van der Waals surface area (Å²) in [5.41, 5.74) is 10.6. The van der Waals surface area contributed by atoms with Gasteiger partial charge in [0.2, 0.25) is 0 Å². The van der Waals surface area contributed by atoms with Crippen LogP contribution in [0, 0.1) is 11.6 Å². The van der Waals surface area contributed by atoms with Crippen molar-refractivity contribution >= 4 is 27.6 Å². The summed E-state index contributed by atoms with van der Waals surface area (Å²) in [4.78, 5) is 16.2. The number of rotatable bonds is 3. The molecule has 4 heterocycles. The quantitative estimate of drug-likeness (QED) is 0.356. The monoisotopic (exact) mass is 439 g/mol. The number of hydrogen-bond donors (Lipinski definition) is 3. The van der Waals surface area contributed by atoms with Crippen molar-refractivity contribution < 1.29 is 8.78 Å². The second kappa shape index (κ2) is 7.20. The first kappa shape index (κ1) is 19.1. The zero-order chi connectivity index (χ0) is 22.5. The van der Waals surface area contributed by atoms with Gasteiger partial charge < -0.3 is 10.7 Å². The zero-order valence-corrected chi connectivity index (χ0v) is 17.0. The van der Waals surface area contributed by atoms with Crippen LogP contribution in [0.15, 0.2) is 67.1 Å². The van der Waals surface area contributed by atoms with Crippen LogP contribution in [0.1, 0.15) is 0 Å². The Balaban J connectivity index is 1.54. The smallest absolute Gasteiger partial charge is 0.161 e. The molecule has 6 rings (SSSR count). The number of benzene rings is 2. The third-order valence-corrected chi connectivity index (χ3v) is 5.47. The molecule has 0 aliphatic heterocycles. The van der Waals surface area contributed by atoms with E-state index in [1.165, 1.54) is 30.7 Å². The van der Waals surface area contributed by atoms with E-state index in [0.29, 0.717) is 33.8 Å². The van der Waals surface area contributed by atoms with Gasteiger partial charge in [0.1, 0.15) is 17.2 Å². The highest BCUT2D eigenvalue weighted by Crippen LogP contribution is 2.34. The number of nitrogens with zero attached hydrogens (tertiary/aromatic N) is 4. The first-order chi connectivity index (χ1) is 16.1. The van der Waals surface area contributed by atoms with E-state index in [0.717, 1.165) is 16.6 Å². The SMILES string of the molecule is Nc1cncc(-c2ncc3[nH]nc(-c4nc5c(-c6ccc(F)cc6)cccc5[nH]4)c3c2F)c1. The molecule has 2 aromatic carbocycles. The van der Waals surface area contributed by atoms with E-state index >= 15 is 4.39 Å². The van der Waals surface area contributed by atoms with E-state index < -0.39 is 5.82 Å². The van der Waals surface area contributed by atoms with Gasteiger partial charge in [-0.25, -0.2) is 13.8 Å². The molecule has 0 spiro atoms. The lowest BCUT2D eigenvalue weighted by Gasteiger charge is -2.04. The number of nitrogens with two attached hydrogens (primary N) is 1. The number of H-pyrrole nitrogens is 2. The molecule has 9 heteroatoms. The number of aromatic nitrogens is 6. The van der Waals surface area contributed by atoms with Crippen molar-refractivity contribution in [2.45, 2.75) is 0 Å². The van der Waals surface area contributed by atoms with Crippen LogP contribution in [0.5, 0.6) is 0 Å². The van der Waals surface area contributed by atoms with Gasteiger partial charge in [-0.2, -0.15) is 5.10 Å². The van der Waals surface area contributed by atoms with Gasteiger partial charge in [0.15, 0.2) is 11.6 Å². The standard InChI is InChI=1S/C24H15F2N7/c25-14-6-4-12(5-7-14)16-2-1-3-17-22(16)31-24(30-17)23-19-18(32-33-23)11-29-21(20(19)26)13-8-15(27)10-28-9-13/h1-11H,27H2,(H,30,31)(H,32,33). The molecule has 0 fully saturated rings. The highest BCUT2D eigenvalue weighted by atomic mass is 19.1. The molecule has 0 saturated heterocycles. The van der Waals surface area contributed by atoms with Gasteiger partial charge in [-0.05, 0) is 29.8 Å². The molecule has 0 aliphatic rings. The maximum atomic E-state index is 15.6. The lowest BCUT2D eigenvalue weighted by molar-refractivity contribution is 0.628. The fraction of sp³-hybridized carbons (Fsp3) is 0.